The minimum absolute atomic E-state index is 1.14. The van der Waals surface area contributed by atoms with Crippen molar-refractivity contribution in [3.63, 3.8) is 0 Å². The van der Waals surface area contributed by atoms with Crippen molar-refractivity contribution in [1.82, 2.24) is 0 Å². The third-order valence-electron chi connectivity index (χ3n) is 1.70. The quantitative estimate of drug-likeness (QED) is 0.588. The largest absolute Gasteiger partial charge is 0.0538 e. The fourth-order valence-corrected chi connectivity index (χ4v) is 1.10. The molecule has 0 amide bonds. The monoisotopic (exact) mass is 151 g/mol. The van der Waals surface area contributed by atoms with Crippen molar-refractivity contribution in [2.75, 3.05) is 0 Å². The molecule has 55 valence electrons. The van der Waals surface area contributed by atoms with E-state index < -0.39 is 0 Å². The molecule has 12 heavy (non-hydrogen) atoms. The number of benzene rings is 2. The van der Waals surface area contributed by atoms with Crippen LogP contribution >= 0.6 is 0 Å². The highest BCUT2D eigenvalue weighted by Gasteiger charge is 1.92. The fourth-order valence-electron chi connectivity index (χ4n) is 1.10. The first kappa shape index (κ1) is 7.11. The van der Waals surface area contributed by atoms with Crippen molar-refractivity contribution >= 4 is 0 Å². The zero-order valence-electron chi connectivity index (χ0n) is 6.54. The molecule has 0 N–H and O–H groups in total. The Hall–Kier alpha value is -1.56. The summed E-state index contributed by atoms with van der Waals surface area (Å²) in [6, 6.07) is 22.5. The van der Waals surface area contributed by atoms with Gasteiger partial charge in [-0.15, -0.1) is 0 Å². The third kappa shape index (κ3) is 1.37. The van der Waals surface area contributed by atoms with Crippen LogP contribution in [0.3, 0.4) is 0 Å². The Labute approximate surface area is 72.5 Å². The normalized spacial score (nSPS) is 9.67. The van der Waals surface area contributed by atoms with E-state index in [0.717, 1.165) is 5.56 Å². The highest BCUT2D eigenvalue weighted by molar-refractivity contribution is 5.62. The lowest BCUT2D eigenvalue weighted by Crippen LogP contribution is -1.74. The standard InChI is InChI=1S/C12H7/c1-3-7-11(8-4-1)12-9-5-2-6-10-12/h1,5-10H. The van der Waals surface area contributed by atoms with Gasteiger partial charge in [0.25, 0.3) is 0 Å². The highest BCUT2D eigenvalue weighted by Crippen LogP contribution is 2.16. The molecule has 0 aliphatic rings. The SMILES string of the molecule is [c]1ccc(-c2c[c]c[c]c2)cc1. The summed E-state index contributed by atoms with van der Waals surface area (Å²) in [5.74, 6) is 0. The first-order valence-corrected chi connectivity index (χ1v) is 3.80. The maximum Gasteiger partial charge on any atom is -0.0171 e. The molecule has 0 fully saturated rings. The van der Waals surface area contributed by atoms with E-state index >= 15 is 0 Å². The van der Waals surface area contributed by atoms with Gasteiger partial charge < -0.3 is 0 Å². The lowest BCUT2D eigenvalue weighted by atomic mass is 10.1. The summed E-state index contributed by atoms with van der Waals surface area (Å²) in [7, 11) is 0. The third-order valence-corrected chi connectivity index (χ3v) is 1.70. The molecule has 2 aromatic rings. The predicted octanol–water partition coefficient (Wildman–Crippen LogP) is 2.75. The molecule has 0 saturated heterocycles. The topological polar surface area (TPSA) is 0 Å². The Morgan fingerprint density at radius 1 is 0.750 bits per heavy atom. The van der Waals surface area contributed by atoms with Crippen molar-refractivity contribution in [1.29, 1.82) is 0 Å². The Kier molecular flexibility index (Phi) is 1.91. The van der Waals surface area contributed by atoms with E-state index in [0.29, 0.717) is 0 Å². The van der Waals surface area contributed by atoms with Crippen LogP contribution in [0.25, 0.3) is 11.1 Å². The molecule has 0 saturated carbocycles. The van der Waals surface area contributed by atoms with Gasteiger partial charge in [0, 0.05) is 0 Å². The van der Waals surface area contributed by atoms with E-state index in [9.17, 15) is 0 Å². The molecule has 2 aromatic carbocycles. The van der Waals surface area contributed by atoms with Gasteiger partial charge in [0.2, 0.25) is 0 Å². The molecule has 0 aliphatic heterocycles. The Morgan fingerprint density at radius 3 is 2.08 bits per heavy atom. The molecule has 0 bridgehead atoms. The van der Waals surface area contributed by atoms with E-state index in [2.05, 4.69) is 18.2 Å². The van der Waals surface area contributed by atoms with Crippen LogP contribution < -0.4 is 0 Å². The summed E-state index contributed by atoms with van der Waals surface area (Å²) in [5.41, 5.74) is 2.33. The molecule has 0 aliphatic carbocycles. The van der Waals surface area contributed by atoms with Gasteiger partial charge in [-0.2, -0.15) is 0 Å². The van der Waals surface area contributed by atoms with E-state index in [4.69, 9.17) is 0 Å². The van der Waals surface area contributed by atoms with Gasteiger partial charge in [-0.1, -0.05) is 24.3 Å². The lowest BCUT2D eigenvalue weighted by Gasteiger charge is -1.97. The molecular weight excluding hydrogens is 144 g/mol. The van der Waals surface area contributed by atoms with Crippen molar-refractivity contribution < 1.29 is 0 Å². The molecule has 0 nitrogen and oxygen atoms in total. The van der Waals surface area contributed by atoms with Crippen molar-refractivity contribution in [2.45, 2.75) is 0 Å². The van der Waals surface area contributed by atoms with Crippen LogP contribution in [0.15, 0.2) is 42.5 Å². The average molecular weight is 151 g/mol. The summed E-state index contributed by atoms with van der Waals surface area (Å²) in [6.45, 7) is 0. The molecule has 0 spiro atoms. The van der Waals surface area contributed by atoms with E-state index in [1.54, 1.807) is 6.07 Å². The summed E-state index contributed by atoms with van der Waals surface area (Å²) >= 11 is 0. The Morgan fingerprint density at radius 2 is 1.42 bits per heavy atom. The van der Waals surface area contributed by atoms with Gasteiger partial charge in [-0.3, -0.25) is 0 Å². The zero-order chi connectivity index (χ0) is 8.23. The lowest BCUT2D eigenvalue weighted by molar-refractivity contribution is 1.60. The summed E-state index contributed by atoms with van der Waals surface area (Å²) in [4.78, 5) is 0. The Bertz CT molecular complexity index is 297. The van der Waals surface area contributed by atoms with Crippen molar-refractivity contribution in [3.05, 3.63) is 60.7 Å². The van der Waals surface area contributed by atoms with Gasteiger partial charge in [-0.05, 0) is 47.5 Å². The first-order valence-electron chi connectivity index (χ1n) is 3.80. The van der Waals surface area contributed by atoms with Crippen LogP contribution in [0.5, 0.6) is 0 Å². The van der Waals surface area contributed by atoms with Gasteiger partial charge >= 0.3 is 0 Å². The summed E-state index contributed by atoms with van der Waals surface area (Å²) in [6.07, 6.45) is 0. The van der Waals surface area contributed by atoms with E-state index in [1.165, 1.54) is 5.56 Å². The van der Waals surface area contributed by atoms with Gasteiger partial charge in [-0.25, -0.2) is 0 Å². The molecule has 0 aromatic heterocycles. The second kappa shape index (κ2) is 3.22. The van der Waals surface area contributed by atoms with Gasteiger partial charge in [0.05, 0.1) is 0 Å². The minimum Gasteiger partial charge on any atom is -0.0538 e. The number of hydrogen-bond donors (Lipinski definition) is 0. The molecule has 0 unspecified atom stereocenters. The molecule has 0 atom stereocenters. The summed E-state index contributed by atoms with van der Waals surface area (Å²) < 4.78 is 0. The molecule has 0 heteroatoms. The second-order valence-electron chi connectivity index (χ2n) is 2.51. The predicted molar refractivity (Wildman–Crippen MR) is 48.4 cm³/mol. The average Bonchev–Trinajstić information content (AvgIpc) is 2.21. The highest BCUT2D eigenvalue weighted by atomic mass is 14.0. The first-order chi connectivity index (χ1) is 5.97. The van der Waals surface area contributed by atoms with Crippen LogP contribution in [0.1, 0.15) is 0 Å². The van der Waals surface area contributed by atoms with Gasteiger partial charge in [0.1, 0.15) is 0 Å². The molecule has 3 radical (unpaired) electrons. The number of rotatable bonds is 1. The van der Waals surface area contributed by atoms with Crippen LogP contribution in [0.2, 0.25) is 0 Å². The van der Waals surface area contributed by atoms with Gasteiger partial charge in [0.15, 0.2) is 0 Å². The van der Waals surface area contributed by atoms with E-state index in [-0.39, 0.29) is 0 Å². The van der Waals surface area contributed by atoms with Crippen LogP contribution in [-0.4, -0.2) is 0 Å². The fraction of sp³-hybridized carbons (Fsp3) is 0. The van der Waals surface area contributed by atoms with Crippen molar-refractivity contribution in [3.8, 4) is 11.1 Å². The maximum absolute atomic E-state index is 2.99. The second-order valence-corrected chi connectivity index (χ2v) is 2.51. The van der Waals surface area contributed by atoms with Crippen LogP contribution in [0, 0.1) is 18.2 Å². The molecule has 2 rings (SSSR count). The van der Waals surface area contributed by atoms with Crippen LogP contribution in [0.4, 0.5) is 0 Å². The summed E-state index contributed by atoms with van der Waals surface area (Å²) in [5, 5.41) is 0. The van der Waals surface area contributed by atoms with Crippen LogP contribution in [-0.2, 0) is 0 Å². The number of hydrogen-bond acceptors (Lipinski definition) is 0. The Balaban J connectivity index is 2.46. The maximum atomic E-state index is 2.99. The van der Waals surface area contributed by atoms with Crippen molar-refractivity contribution in [2.24, 2.45) is 0 Å². The smallest absolute Gasteiger partial charge is 0.0171 e. The van der Waals surface area contributed by atoms with E-state index in [1.807, 2.05) is 36.4 Å². The zero-order valence-corrected chi connectivity index (χ0v) is 6.54. The minimum atomic E-state index is 1.14. The molecule has 0 heterocycles. The molecular formula is C12H7.